The Morgan fingerprint density at radius 3 is 2.27 bits per heavy atom. The van der Waals surface area contributed by atoms with Crippen molar-refractivity contribution in [2.45, 2.75) is 6.92 Å². The number of anilines is 2. The number of halogens is 2. The number of ether oxygens (including phenoxy) is 3. The first-order valence-corrected chi connectivity index (χ1v) is 11.3. The lowest BCUT2D eigenvalue weighted by Crippen LogP contribution is -2.28. The number of rotatable bonds is 14. The van der Waals surface area contributed by atoms with Gasteiger partial charge in [0.25, 0.3) is 5.91 Å². The average Bonchev–Trinajstić information content (AvgIpc) is 2.75. The molecule has 2 aromatic rings. The Kier molecular flexibility index (Phi) is 11.8. The third-order valence-corrected chi connectivity index (χ3v) is 4.94. The van der Waals surface area contributed by atoms with E-state index in [9.17, 15) is 4.79 Å². The number of hydrogen-bond donors (Lipinski definition) is 2. The predicted octanol–water partition coefficient (Wildman–Crippen LogP) is 4.57. The van der Waals surface area contributed by atoms with Crippen LogP contribution in [0.15, 0.2) is 42.5 Å². The Bertz CT molecular complexity index is 791. The van der Waals surface area contributed by atoms with Gasteiger partial charge in [0.05, 0.1) is 50.9 Å². The molecule has 2 aromatic carbocycles. The average molecular weight is 500 g/mol. The molecular weight excluding hydrogens is 472 g/mol. The summed E-state index contributed by atoms with van der Waals surface area (Å²) in [5, 5.41) is 7.68. The van der Waals surface area contributed by atoms with E-state index in [2.05, 4.69) is 26.6 Å². The summed E-state index contributed by atoms with van der Waals surface area (Å²) < 4.78 is 16.2. The number of hydrogen-bond acceptors (Lipinski definition) is 5. The highest BCUT2D eigenvalue weighted by atomic mass is 79.9. The van der Waals surface area contributed by atoms with E-state index in [0.717, 1.165) is 22.3 Å². The highest BCUT2D eigenvalue weighted by Crippen LogP contribution is 2.27. The molecule has 0 unspecified atom stereocenters. The molecule has 0 aliphatic carbocycles. The quantitative estimate of drug-likeness (QED) is 0.294. The lowest BCUT2D eigenvalue weighted by Gasteiger charge is -2.14. The molecule has 0 fully saturated rings. The third kappa shape index (κ3) is 8.62. The monoisotopic (exact) mass is 498 g/mol. The summed E-state index contributed by atoms with van der Waals surface area (Å²) in [5.41, 5.74) is 3.07. The first kappa shape index (κ1) is 24.6. The van der Waals surface area contributed by atoms with E-state index in [0.29, 0.717) is 56.8 Å². The smallest absolute Gasteiger partial charge is 0.253 e. The normalized spacial score (nSPS) is 10.8. The fourth-order valence-electron chi connectivity index (χ4n) is 2.61. The van der Waals surface area contributed by atoms with Crippen LogP contribution in [0.25, 0.3) is 0 Å². The lowest BCUT2D eigenvalue weighted by atomic mass is 10.1. The maximum atomic E-state index is 12.6. The first-order valence-electron chi connectivity index (χ1n) is 9.82. The zero-order valence-corrected chi connectivity index (χ0v) is 19.4. The van der Waals surface area contributed by atoms with Gasteiger partial charge in [0.15, 0.2) is 0 Å². The summed E-state index contributed by atoms with van der Waals surface area (Å²) >= 11 is 9.48. The second-order valence-electron chi connectivity index (χ2n) is 6.36. The first-order chi connectivity index (χ1) is 14.6. The Labute approximate surface area is 191 Å². The molecule has 0 bridgehead atoms. The Morgan fingerprint density at radius 2 is 1.53 bits per heavy atom. The van der Waals surface area contributed by atoms with Crippen LogP contribution in [-0.4, -0.2) is 57.4 Å². The zero-order chi connectivity index (χ0) is 21.6. The molecule has 0 aliphatic rings. The molecule has 6 nitrogen and oxygen atoms in total. The largest absolute Gasteiger partial charge is 0.378 e. The minimum atomic E-state index is -0.165. The van der Waals surface area contributed by atoms with Crippen molar-refractivity contribution in [3.8, 4) is 0 Å². The van der Waals surface area contributed by atoms with Crippen molar-refractivity contribution in [3.63, 3.8) is 0 Å². The summed E-state index contributed by atoms with van der Waals surface area (Å²) in [6.45, 7) is 5.53. The maximum Gasteiger partial charge on any atom is 0.253 e. The number of nitrogens with one attached hydrogen (secondary N) is 2. The van der Waals surface area contributed by atoms with Gasteiger partial charge in [-0.2, -0.15) is 0 Å². The van der Waals surface area contributed by atoms with E-state index in [-0.39, 0.29) is 5.91 Å². The molecule has 2 N–H and O–H groups in total. The number of carbonyl (C=O) groups is 1. The van der Waals surface area contributed by atoms with Gasteiger partial charge in [0, 0.05) is 22.6 Å². The molecule has 0 saturated carbocycles. The predicted molar refractivity (Wildman–Crippen MR) is 124 cm³/mol. The fourth-order valence-corrected chi connectivity index (χ4v) is 3.01. The van der Waals surface area contributed by atoms with Crippen LogP contribution in [0.1, 0.15) is 15.9 Å². The van der Waals surface area contributed by atoms with E-state index in [1.807, 2.05) is 43.3 Å². The Hall–Kier alpha value is -1.64. The summed E-state index contributed by atoms with van der Waals surface area (Å²) in [6.07, 6.45) is 0. The van der Waals surface area contributed by atoms with Crippen molar-refractivity contribution in [2.75, 3.05) is 56.8 Å². The van der Waals surface area contributed by atoms with Crippen molar-refractivity contribution < 1.29 is 19.0 Å². The molecule has 0 aliphatic heterocycles. The van der Waals surface area contributed by atoms with Crippen molar-refractivity contribution in [2.24, 2.45) is 0 Å². The van der Waals surface area contributed by atoms with E-state index < -0.39 is 0 Å². The summed E-state index contributed by atoms with van der Waals surface area (Å²) in [4.78, 5) is 12.6. The van der Waals surface area contributed by atoms with Gasteiger partial charge in [0.2, 0.25) is 0 Å². The van der Waals surface area contributed by atoms with Gasteiger partial charge < -0.3 is 24.8 Å². The topological polar surface area (TPSA) is 68.8 Å². The van der Waals surface area contributed by atoms with Crippen LogP contribution in [0.3, 0.4) is 0 Å². The van der Waals surface area contributed by atoms with Gasteiger partial charge in [-0.15, -0.1) is 0 Å². The van der Waals surface area contributed by atoms with Crippen molar-refractivity contribution in [1.29, 1.82) is 0 Å². The SMILES string of the molecule is Cc1c(Cl)cccc1Nc1ccccc1C(=O)NCCOCCOCCOCCBr. The van der Waals surface area contributed by atoms with Crippen LogP contribution in [0.4, 0.5) is 11.4 Å². The highest BCUT2D eigenvalue weighted by Gasteiger charge is 2.12. The van der Waals surface area contributed by atoms with E-state index >= 15 is 0 Å². The molecule has 8 heteroatoms. The molecule has 0 heterocycles. The fraction of sp³-hybridized carbons (Fsp3) is 0.409. The second-order valence-corrected chi connectivity index (χ2v) is 7.57. The van der Waals surface area contributed by atoms with Crippen molar-refractivity contribution in [1.82, 2.24) is 5.32 Å². The maximum absolute atomic E-state index is 12.6. The molecule has 164 valence electrons. The van der Waals surface area contributed by atoms with Crippen LogP contribution in [0.2, 0.25) is 5.02 Å². The van der Waals surface area contributed by atoms with E-state index in [4.69, 9.17) is 25.8 Å². The number of carbonyl (C=O) groups excluding carboxylic acids is 1. The standard InChI is InChI=1S/C22H28BrClN2O4/c1-17-19(24)6-4-8-20(17)26-21-7-3-2-5-18(21)22(27)25-10-12-29-14-16-30-15-13-28-11-9-23/h2-8,26H,9-16H2,1H3,(H,25,27). The van der Waals surface area contributed by atoms with E-state index in [1.54, 1.807) is 6.07 Å². The molecule has 30 heavy (non-hydrogen) atoms. The number of para-hydroxylation sites is 1. The van der Waals surface area contributed by atoms with Crippen LogP contribution >= 0.6 is 27.5 Å². The number of amides is 1. The summed E-state index contributed by atoms with van der Waals surface area (Å²) in [6, 6.07) is 13.0. The summed E-state index contributed by atoms with van der Waals surface area (Å²) in [7, 11) is 0. The molecule has 0 saturated heterocycles. The molecule has 0 atom stereocenters. The third-order valence-electron chi connectivity index (χ3n) is 4.21. The zero-order valence-electron chi connectivity index (χ0n) is 17.1. The van der Waals surface area contributed by atoms with Crippen LogP contribution in [0, 0.1) is 6.92 Å². The Morgan fingerprint density at radius 1 is 0.900 bits per heavy atom. The Balaban J connectivity index is 1.71. The lowest BCUT2D eigenvalue weighted by molar-refractivity contribution is 0.0181. The molecule has 0 aromatic heterocycles. The van der Waals surface area contributed by atoms with Crippen LogP contribution < -0.4 is 10.6 Å². The van der Waals surface area contributed by atoms with E-state index in [1.165, 1.54) is 0 Å². The molecular formula is C22H28BrClN2O4. The molecule has 0 spiro atoms. The van der Waals surface area contributed by atoms with Gasteiger partial charge in [-0.1, -0.05) is 45.7 Å². The van der Waals surface area contributed by atoms with Gasteiger partial charge in [-0.25, -0.2) is 0 Å². The highest BCUT2D eigenvalue weighted by molar-refractivity contribution is 9.09. The minimum absolute atomic E-state index is 0.165. The molecule has 2 rings (SSSR count). The van der Waals surface area contributed by atoms with Gasteiger partial charge in [-0.3, -0.25) is 4.79 Å². The van der Waals surface area contributed by atoms with Crippen LogP contribution in [0.5, 0.6) is 0 Å². The molecule has 0 radical (unpaired) electrons. The molecule has 1 amide bonds. The number of alkyl halides is 1. The summed E-state index contributed by atoms with van der Waals surface area (Å²) in [5.74, 6) is -0.165. The second kappa shape index (κ2) is 14.4. The van der Waals surface area contributed by atoms with Gasteiger partial charge in [-0.05, 0) is 36.8 Å². The number of benzene rings is 2. The van der Waals surface area contributed by atoms with Crippen LogP contribution in [-0.2, 0) is 14.2 Å². The van der Waals surface area contributed by atoms with Gasteiger partial charge >= 0.3 is 0 Å². The van der Waals surface area contributed by atoms with Gasteiger partial charge in [0.1, 0.15) is 0 Å². The van der Waals surface area contributed by atoms with Crippen molar-refractivity contribution in [3.05, 3.63) is 58.6 Å². The van der Waals surface area contributed by atoms with Crippen molar-refractivity contribution >= 4 is 44.8 Å². The minimum Gasteiger partial charge on any atom is -0.378 e.